The average Bonchev–Trinajstić information content (AvgIpc) is 2.05. The Morgan fingerprint density at radius 2 is 1.41 bits per heavy atom. The molecule has 0 aromatic heterocycles. The fourth-order valence-corrected chi connectivity index (χ4v) is 2.81. The summed E-state index contributed by atoms with van der Waals surface area (Å²) in [6, 6.07) is 0.997. The van der Waals surface area contributed by atoms with Crippen LogP contribution in [0.15, 0.2) is 21.9 Å². The summed E-state index contributed by atoms with van der Waals surface area (Å²) in [5, 5.41) is 17.9. The van der Waals surface area contributed by atoms with Crippen LogP contribution in [-0.2, 0) is 20.2 Å². The van der Waals surface area contributed by atoms with Crippen molar-refractivity contribution in [3.05, 3.63) is 12.1 Å². The standard InChI is InChI=1S/C6H6O8S2.Ca/c7-3-1-2-4(15(9,10)11)6(5(3)8)16(12,13)14;/h1-2,7-8H,(H,9,10,11)(H,12,13,14);/q;+2/p-2. The minimum absolute atomic E-state index is 0. The van der Waals surface area contributed by atoms with Crippen LogP contribution in [0.5, 0.6) is 11.5 Å². The van der Waals surface area contributed by atoms with Crippen LogP contribution in [0.2, 0.25) is 0 Å². The van der Waals surface area contributed by atoms with Crippen LogP contribution in [0.4, 0.5) is 0 Å². The monoisotopic (exact) mass is 308 g/mol. The summed E-state index contributed by atoms with van der Waals surface area (Å²) in [7, 11) is -10.7. The largest absolute Gasteiger partial charge is 2.00 e. The third-order valence-electron chi connectivity index (χ3n) is 1.59. The van der Waals surface area contributed by atoms with Gasteiger partial charge in [0, 0.05) is 0 Å². The second kappa shape index (κ2) is 5.26. The molecule has 0 fully saturated rings. The van der Waals surface area contributed by atoms with E-state index in [1.54, 1.807) is 0 Å². The van der Waals surface area contributed by atoms with Crippen molar-refractivity contribution in [3.63, 3.8) is 0 Å². The number of aromatic hydroxyl groups is 2. The summed E-state index contributed by atoms with van der Waals surface area (Å²) in [5.74, 6) is -2.49. The summed E-state index contributed by atoms with van der Waals surface area (Å²) >= 11 is 0. The fraction of sp³-hybridized carbons (Fsp3) is 0. The Kier molecular flexibility index (Phi) is 5.23. The number of hydrogen-bond donors (Lipinski definition) is 2. The van der Waals surface area contributed by atoms with Gasteiger partial charge in [0.15, 0.2) is 11.5 Å². The normalized spacial score (nSPS) is 11.9. The molecule has 0 atom stereocenters. The maximum Gasteiger partial charge on any atom is 2.00 e. The van der Waals surface area contributed by atoms with E-state index in [0.717, 1.165) is 0 Å². The third kappa shape index (κ3) is 3.68. The van der Waals surface area contributed by atoms with Gasteiger partial charge in [-0.05, 0) is 12.1 Å². The second-order valence-corrected chi connectivity index (χ2v) is 5.33. The van der Waals surface area contributed by atoms with Gasteiger partial charge in [0.2, 0.25) is 0 Å². The zero-order chi connectivity index (χ0) is 12.7. The molecule has 90 valence electrons. The van der Waals surface area contributed by atoms with Gasteiger partial charge in [0.05, 0.1) is 4.90 Å². The van der Waals surface area contributed by atoms with E-state index in [9.17, 15) is 25.9 Å². The van der Waals surface area contributed by atoms with Gasteiger partial charge in [-0.3, -0.25) is 0 Å². The maximum absolute atomic E-state index is 10.6. The first-order valence-corrected chi connectivity index (χ1v) is 6.33. The van der Waals surface area contributed by atoms with Gasteiger partial charge in [0.1, 0.15) is 25.1 Å². The van der Waals surface area contributed by atoms with E-state index >= 15 is 0 Å². The molecule has 1 rings (SSSR count). The molecule has 0 aliphatic heterocycles. The molecule has 11 heteroatoms. The molecule has 0 radical (unpaired) electrons. The van der Waals surface area contributed by atoms with E-state index in [1.807, 2.05) is 0 Å². The Morgan fingerprint density at radius 1 is 0.941 bits per heavy atom. The van der Waals surface area contributed by atoms with Crippen molar-refractivity contribution in [3.8, 4) is 11.5 Å². The van der Waals surface area contributed by atoms with Crippen LogP contribution in [-0.4, -0.2) is 73.9 Å². The number of phenols is 2. The molecular formula is C6H4CaO8S2. The molecule has 0 unspecified atom stereocenters. The summed E-state index contributed by atoms with van der Waals surface area (Å²) in [4.78, 5) is -3.06. The van der Waals surface area contributed by atoms with E-state index in [4.69, 9.17) is 10.2 Å². The number of rotatable bonds is 2. The van der Waals surface area contributed by atoms with Gasteiger partial charge in [-0.25, -0.2) is 16.8 Å². The predicted molar refractivity (Wildman–Crippen MR) is 51.5 cm³/mol. The zero-order valence-electron chi connectivity index (χ0n) is 8.02. The summed E-state index contributed by atoms with van der Waals surface area (Å²) in [6.07, 6.45) is 0. The number of benzene rings is 1. The molecule has 0 bridgehead atoms. The molecule has 0 aliphatic rings. The Labute approximate surface area is 126 Å². The predicted octanol–water partition coefficient (Wildman–Crippen LogP) is -1.47. The first-order chi connectivity index (χ1) is 7.05. The molecule has 0 spiro atoms. The molecule has 1 aromatic carbocycles. The first kappa shape index (κ1) is 16.9. The Balaban J connectivity index is 0.00000256. The number of phenolic OH excluding ortho intramolecular Hbond substituents is 2. The smallest absolute Gasteiger partial charge is 0.744 e. The molecule has 0 heterocycles. The van der Waals surface area contributed by atoms with Crippen molar-refractivity contribution < 1.29 is 36.2 Å². The first-order valence-electron chi connectivity index (χ1n) is 3.52. The molecule has 17 heavy (non-hydrogen) atoms. The van der Waals surface area contributed by atoms with Crippen molar-refractivity contribution >= 4 is 58.0 Å². The molecule has 0 amide bonds. The quantitative estimate of drug-likeness (QED) is 0.381. The zero-order valence-corrected chi connectivity index (χ0v) is 11.9. The van der Waals surface area contributed by atoms with Crippen molar-refractivity contribution in [2.75, 3.05) is 0 Å². The van der Waals surface area contributed by atoms with Crippen molar-refractivity contribution in [1.82, 2.24) is 0 Å². The van der Waals surface area contributed by atoms with Gasteiger partial charge >= 0.3 is 37.7 Å². The SMILES string of the molecule is O=S(=O)([O-])c1ccc(O)c(O)c1S(=O)(=O)[O-].[Ca+2]. The van der Waals surface area contributed by atoms with E-state index in [-0.39, 0.29) is 37.7 Å². The maximum atomic E-state index is 10.6. The average molecular weight is 308 g/mol. The van der Waals surface area contributed by atoms with Gasteiger partial charge in [0.25, 0.3) is 0 Å². The minimum atomic E-state index is -5.41. The summed E-state index contributed by atoms with van der Waals surface area (Å²) in [5.41, 5.74) is 0. The Hall–Kier alpha value is -0.100. The fourth-order valence-electron chi connectivity index (χ4n) is 0.981. The van der Waals surface area contributed by atoms with Crippen LogP contribution in [0, 0.1) is 0 Å². The van der Waals surface area contributed by atoms with Gasteiger partial charge < -0.3 is 19.3 Å². The van der Waals surface area contributed by atoms with Gasteiger partial charge in [-0.2, -0.15) is 0 Å². The summed E-state index contributed by atoms with van der Waals surface area (Å²) in [6.45, 7) is 0. The van der Waals surface area contributed by atoms with Crippen LogP contribution in [0.1, 0.15) is 0 Å². The molecule has 0 aliphatic carbocycles. The number of hydrogen-bond acceptors (Lipinski definition) is 8. The molecule has 2 N–H and O–H groups in total. The van der Waals surface area contributed by atoms with E-state index in [1.165, 1.54) is 0 Å². The van der Waals surface area contributed by atoms with Gasteiger partial charge in [-0.1, -0.05) is 0 Å². The molecule has 1 aromatic rings. The van der Waals surface area contributed by atoms with E-state index < -0.39 is 41.5 Å². The molecule has 0 saturated heterocycles. The van der Waals surface area contributed by atoms with Crippen molar-refractivity contribution in [2.24, 2.45) is 0 Å². The molecule has 0 saturated carbocycles. The van der Waals surface area contributed by atoms with Crippen LogP contribution in [0.3, 0.4) is 0 Å². The van der Waals surface area contributed by atoms with Crippen molar-refractivity contribution in [2.45, 2.75) is 9.79 Å². The van der Waals surface area contributed by atoms with E-state index in [0.29, 0.717) is 12.1 Å². The van der Waals surface area contributed by atoms with Crippen LogP contribution >= 0.6 is 0 Å². The van der Waals surface area contributed by atoms with E-state index in [2.05, 4.69) is 0 Å². The Bertz CT molecular complexity index is 632. The topological polar surface area (TPSA) is 155 Å². The third-order valence-corrected chi connectivity index (χ3v) is 3.51. The Morgan fingerprint density at radius 3 is 1.76 bits per heavy atom. The molecular weight excluding hydrogens is 304 g/mol. The summed E-state index contributed by atoms with van der Waals surface area (Å²) < 4.78 is 63.8. The van der Waals surface area contributed by atoms with Crippen LogP contribution < -0.4 is 0 Å². The second-order valence-electron chi connectivity index (χ2n) is 2.67. The van der Waals surface area contributed by atoms with Crippen LogP contribution in [0.25, 0.3) is 0 Å². The van der Waals surface area contributed by atoms with Gasteiger partial charge in [-0.15, -0.1) is 0 Å². The molecule has 8 nitrogen and oxygen atoms in total. The van der Waals surface area contributed by atoms with Crippen molar-refractivity contribution in [1.29, 1.82) is 0 Å². The minimum Gasteiger partial charge on any atom is -0.744 e.